The lowest BCUT2D eigenvalue weighted by Crippen LogP contribution is -2.14. The lowest BCUT2D eigenvalue weighted by atomic mass is 10.2. The summed E-state index contributed by atoms with van der Waals surface area (Å²) in [7, 11) is 0. The number of furan rings is 1. The molecule has 0 radical (unpaired) electrons. The fourth-order valence-electron chi connectivity index (χ4n) is 1.56. The molecule has 0 saturated carbocycles. The minimum atomic E-state index is -1.03. The van der Waals surface area contributed by atoms with Crippen molar-refractivity contribution >= 4 is 17.3 Å². The van der Waals surface area contributed by atoms with E-state index >= 15 is 0 Å². The van der Waals surface area contributed by atoms with Crippen LogP contribution in [-0.4, -0.2) is 11.1 Å². The fraction of sp³-hybridized carbons (Fsp3) is 0.250. The predicted octanol–water partition coefficient (Wildman–Crippen LogP) is 2.64. The Hall–Kier alpha value is -1.59. The molecule has 0 atom stereocenters. The standard InChI is InChI=1S/C12H13NO3S/c1-8-3-5-17-10(8)7-13-6-9-2-4-16-11(9)12(14)15/h2-5,13H,6-7H2,1H3,(H,14,15). The van der Waals surface area contributed by atoms with Gasteiger partial charge in [0, 0.05) is 23.5 Å². The third-order valence-corrected chi connectivity index (χ3v) is 3.53. The van der Waals surface area contributed by atoms with Gasteiger partial charge in [0.25, 0.3) is 0 Å². The van der Waals surface area contributed by atoms with Gasteiger partial charge < -0.3 is 14.8 Å². The predicted molar refractivity (Wildman–Crippen MR) is 65.3 cm³/mol. The summed E-state index contributed by atoms with van der Waals surface area (Å²) in [4.78, 5) is 12.1. The summed E-state index contributed by atoms with van der Waals surface area (Å²) >= 11 is 1.69. The first-order valence-electron chi connectivity index (χ1n) is 5.22. The van der Waals surface area contributed by atoms with Crippen molar-refractivity contribution in [1.82, 2.24) is 5.32 Å². The Morgan fingerprint density at radius 3 is 2.94 bits per heavy atom. The van der Waals surface area contributed by atoms with Gasteiger partial charge in [-0.05, 0) is 30.0 Å². The van der Waals surface area contributed by atoms with E-state index in [0.717, 1.165) is 6.54 Å². The van der Waals surface area contributed by atoms with Gasteiger partial charge in [0.05, 0.1) is 6.26 Å². The summed E-state index contributed by atoms with van der Waals surface area (Å²) < 4.78 is 4.90. The molecule has 4 nitrogen and oxygen atoms in total. The van der Waals surface area contributed by atoms with Crippen LogP contribution >= 0.6 is 11.3 Å². The first-order chi connectivity index (χ1) is 8.18. The molecule has 5 heteroatoms. The van der Waals surface area contributed by atoms with Crippen LogP contribution in [0.2, 0.25) is 0 Å². The first kappa shape index (κ1) is 11.9. The van der Waals surface area contributed by atoms with Crippen molar-refractivity contribution in [1.29, 1.82) is 0 Å². The minimum Gasteiger partial charge on any atom is -0.475 e. The first-order valence-corrected chi connectivity index (χ1v) is 6.10. The van der Waals surface area contributed by atoms with E-state index in [4.69, 9.17) is 9.52 Å². The summed E-state index contributed by atoms with van der Waals surface area (Å²) in [5.41, 5.74) is 1.93. The molecule has 0 aliphatic heterocycles. The Labute approximate surface area is 103 Å². The second kappa shape index (κ2) is 5.16. The third-order valence-electron chi connectivity index (χ3n) is 2.51. The molecule has 2 aromatic heterocycles. The maximum Gasteiger partial charge on any atom is 0.372 e. The van der Waals surface area contributed by atoms with Crippen LogP contribution in [0.5, 0.6) is 0 Å². The number of carboxylic acid groups (broad SMARTS) is 1. The van der Waals surface area contributed by atoms with E-state index in [2.05, 4.69) is 18.3 Å². The summed E-state index contributed by atoms with van der Waals surface area (Å²) in [6.45, 7) is 3.30. The molecule has 2 aromatic rings. The lowest BCUT2D eigenvalue weighted by Gasteiger charge is -2.03. The summed E-state index contributed by atoms with van der Waals surface area (Å²) in [6, 6.07) is 3.75. The van der Waals surface area contributed by atoms with Crippen LogP contribution in [0.15, 0.2) is 28.2 Å². The van der Waals surface area contributed by atoms with Crippen molar-refractivity contribution in [3.63, 3.8) is 0 Å². The molecule has 0 amide bonds. The summed E-state index contributed by atoms with van der Waals surface area (Å²) in [5.74, 6) is -1.01. The molecular formula is C12H13NO3S. The van der Waals surface area contributed by atoms with Crippen molar-refractivity contribution in [2.75, 3.05) is 0 Å². The number of aromatic carboxylic acids is 1. The van der Waals surface area contributed by atoms with E-state index in [-0.39, 0.29) is 5.76 Å². The Balaban J connectivity index is 1.92. The van der Waals surface area contributed by atoms with Crippen molar-refractivity contribution in [3.8, 4) is 0 Å². The van der Waals surface area contributed by atoms with Crippen molar-refractivity contribution in [2.24, 2.45) is 0 Å². The second-order valence-corrected chi connectivity index (χ2v) is 4.71. The van der Waals surface area contributed by atoms with Gasteiger partial charge in [-0.15, -0.1) is 11.3 Å². The molecule has 0 aliphatic rings. The maximum atomic E-state index is 10.8. The van der Waals surface area contributed by atoms with Gasteiger partial charge in [0.1, 0.15) is 0 Å². The van der Waals surface area contributed by atoms with Gasteiger partial charge in [0.2, 0.25) is 5.76 Å². The molecule has 90 valence electrons. The van der Waals surface area contributed by atoms with Gasteiger partial charge in [0.15, 0.2) is 0 Å². The van der Waals surface area contributed by atoms with Crippen molar-refractivity contribution < 1.29 is 14.3 Å². The molecule has 0 aromatic carbocycles. The molecule has 2 heterocycles. The van der Waals surface area contributed by atoms with Crippen molar-refractivity contribution in [2.45, 2.75) is 20.0 Å². The topological polar surface area (TPSA) is 62.5 Å². The molecule has 0 fully saturated rings. The van der Waals surface area contributed by atoms with E-state index in [9.17, 15) is 4.79 Å². The van der Waals surface area contributed by atoms with E-state index in [0.29, 0.717) is 12.1 Å². The molecule has 17 heavy (non-hydrogen) atoms. The molecule has 0 saturated heterocycles. The van der Waals surface area contributed by atoms with Crippen molar-refractivity contribution in [3.05, 3.63) is 45.5 Å². The second-order valence-electron chi connectivity index (χ2n) is 3.71. The average Bonchev–Trinajstić information content (AvgIpc) is 2.88. The molecule has 0 spiro atoms. The van der Waals surface area contributed by atoms with Crippen LogP contribution in [-0.2, 0) is 13.1 Å². The van der Waals surface area contributed by atoms with Gasteiger partial charge in [-0.2, -0.15) is 0 Å². The Morgan fingerprint density at radius 1 is 1.47 bits per heavy atom. The van der Waals surface area contributed by atoms with E-state index < -0.39 is 5.97 Å². The van der Waals surface area contributed by atoms with Crippen LogP contribution in [0.25, 0.3) is 0 Å². The van der Waals surface area contributed by atoms with Gasteiger partial charge in [-0.1, -0.05) is 0 Å². The quantitative estimate of drug-likeness (QED) is 0.857. The monoisotopic (exact) mass is 251 g/mol. The van der Waals surface area contributed by atoms with Crippen LogP contribution in [0.4, 0.5) is 0 Å². The highest BCUT2D eigenvalue weighted by molar-refractivity contribution is 7.10. The molecule has 0 bridgehead atoms. The van der Waals surface area contributed by atoms with Crippen LogP contribution in [0, 0.1) is 6.92 Å². The average molecular weight is 251 g/mol. The zero-order chi connectivity index (χ0) is 12.3. The van der Waals surface area contributed by atoms with Crippen LogP contribution in [0.1, 0.15) is 26.6 Å². The fourth-order valence-corrected chi connectivity index (χ4v) is 2.43. The van der Waals surface area contributed by atoms with Gasteiger partial charge >= 0.3 is 5.97 Å². The highest BCUT2D eigenvalue weighted by atomic mass is 32.1. The number of nitrogens with one attached hydrogen (secondary N) is 1. The highest BCUT2D eigenvalue weighted by Gasteiger charge is 2.13. The van der Waals surface area contributed by atoms with E-state index in [1.807, 2.05) is 5.38 Å². The smallest absolute Gasteiger partial charge is 0.372 e. The normalized spacial score (nSPS) is 10.6. The number of rotatable bonds is 5. The minimum absolute atomic E-state index is 0.0143. The SMILES string of the molecule is Cc1ccsc1CNCc1ccoc1C(=O)O. The van der Waals surface area contributed by atoms with E-state index in [1.54, 1.807) is 17.4 Å². The number of carboxylic acids is 1. The molecular weight excluding hydrogens is 238 g/mol. The zero-order valence-electron chi connectivity index (χ0n) is 9.40. The molecule has 0 unspecified atom stereocenters. The number of hydrogen-bond donors (Lipinski definition) is 2. The summed E-state index contributed by atoms with van der Waals surface area (Å²) in [6.07, 6.45) is 1.40. The maximum absolute atomic E-state index is 10.8. The number of aryl methyl sites for hydroxylation is 1. The third kappa shape index (κ3) is 2.75. The molecule has 2 rings (SSSR count). The van der Waals surface area contributed by atoms with Crippen LogP contribution in [0.3, 0.4) is 0 Å². The molecule has 2 N–H and O–H groups in total. The molecule has 0 aliphatic carbocycles. The van der Waals surface area contributed by atoms with Crippen LogP contribution < -0.4 is 5.32 Å². The van der Waals surface area contributed by atoms with E-state index in [1.165, 1.54) is 16.7 Å². The van der Waals surface area contributed by atoms with Gasteiger partial charge in [-0.25, -0.2) is 4.79 Å². The lowest BCUT2D eigenvalue weighted by molar-refractivity contribution is 0.0660. The van der Waals surface area contributed by atoms with Gasteiger partial charge in [-0.3, -0.25) is 0 Å². The number of carbonyl (C=O) groups is 1. The summed E-state index contributed by atoms with van der Waals surface area (Å²) in [5, 5.41) is 14.1. The largest absolute Gasteiger partial charge is 0.475 e. The zero-order valence-corrected chi connectivity index (χ0v) is 10.2. The Kier molecular flexibility index (Phi) is 3.61. The number of hydrogen-bond acceptors (Lipinski definition) is 4. The Bertz CT molecular complexity index is 515. The Morgan fingerprint density at radius 2 is 2.29 bits per heavy atom. The number of thiophene rings is 1. The highest BCUT2D eigenvalue weighted by Crippen LogP contribution is 2.16.